The highest BCUT2D eigenvalue weighted by Gasteiger charge is 2.20. The van der Waals surface area contributed by atoms with E-state index in [2.05, 4.69) is 6.92 Å². The van der Waals surface area contributed by atoms with Crippen LogP contribution in [-0.2, 0) is 11.2 Å². The average Bonchev–Trinajstić information content (AvgIpc) is 2.74. The van der Waals surface area contributed by atoms with Crippen LogP contribution < -0.4 is 0 Å². The lowest BCUT2D eigenvalue weighted by Crippen LogP contribution is -2.18. The lowest BCUT2D eigenvalue weighted by Gasteiger charge is -2.27. The van der Waals surface area contributed by atoms with Crippen LogP contribution in [0, 0.1) is 30.3 Å². The van der Waals surface area contributed by atoms with Crippen LogP contribution in [0.1, 0.15) is 48.1 Å². The van der Waals surface area contributed by atoms with Gasteiger partial charge in [0, 0.05) is 18.6 Å². The van der Waals surface area contributed by atoms with Crippen LogP contribution in [-0.4, -0.2) is 6.61 Å². The van der Waals surface area contributed by atoms with E-state index in [0.717, 1.165) is 30.6 Å². The van der Waals surface area contributed by atoms with Crippen molar-refractivity contribution in [3.63, 3.8) is 0 Å². The molecular formula is C26H25F3O. The average molecular weight is 410 g/mol. The summed E-state index contributed by atoms with van der Waals surface area (Å²) in [6.45, 7) is 4.60. The molecule has 0 bridgehead atoms. The lowest BCUT2D eigenvalue weighted by atomic mass is 9.94. The molecule has 0 N–H and O–H groups in total. The Kier molecular flexibility index (Phi) is 5.96. The zero-order valence-corrected chi connectivity index (χ0v) is 17.2. The molecule has 4 rings (SSSR count). The smallest absolute Gasteiger partial charge is 0.130 e. The summed E-state index contributed by atoms with van der Waals surface area (Å²) in [5.74, 6) is -1.04. The number of hydrogen-bond acceptors (Lipinski definition) is 1. The van der Waals surface area contributed by atoms with E-state index in [-0.39, 0.29) is 23.9 Å². The molecular weight excluding hydrogens is 385 g/mol. The van der Waals surface area contributed by atoms with Gasteiger partial charge in [-0.15, -0.1) is 0 Å². The van der Waals surface area contributed by atoms with Crippen LogP contribution in [0.5, 0.6) is 0 Å². The summed E-state index contributed by atoms with van der Waals surface area (Å²) < 4.78 is 49.1. The van der Waals surface area contributed by atoms with Crippen LogP contribution in [0.3, 0.4) is 0 Å². The number of halogens is 3. The van der Waals surface area contributed by atoms with E-state index in [4.69, 9.17) is 4.74 Å². The largest absolute Gasteiger partial charge is 0.373 e. The molecule has 0 amide bonds. The van der Waals surface area contributed by atoms with Crippen molar-refractivity contribution in [3.05, 3.63) is 94.3 Å². The molecule has 0 aliphatic carbocycles. The van der Waals surface area contributed by atoms with Gasteiger partial charge in [-0.2, -0.15) is 0 Å². The fraction of sp³-hybridized carbons (Fsp3) is 0.308. The second-order valence-corrected chi connectivity index (χ2v) is 8.31. The number of rotatable bonds is 4. The van der Waals surface area contributed by atoms with Gasteiger partial charge in [0.2, 0.25) is 0 Å². The molecule has 0 saturated carbocycles. The Labute approximate surface area is 175 Å². The van der Waals surface area contributed by atoms with Crippen molar-refractivity contribution < 1.29 is 17.9 Å². The Hall–Kier alpha value is -2.59. The highest BCUT2D eigenvalue weighted by molar-refractivity contribution is 5.64. The maximum atomic E-state index is 14.7. The zero-order chi connectivity index (χ0) is 21.3. The Morgan fingerprint density at radius 1 is 0.833 bits per heavy atom. The number of benzene rings is 3. The van der Waals surface area contributed by atoms with E-state index in [9.17, 15) is 13.2 Å². The first-order chi connectivity index (χ1) is 14.4. The maximum Gasteiger partial charge on any atom is 0.130 e. The van der Waals surface area contributed by atoms with Gasteiger partial charge in [-0.1, -0.05) is 43.3 Å². The minimum atomic E-state index is -0.625. The van der Waals surface area contributed by atoms with Crippen molar-refractivity contribution in [3.8, 4) is 11.1 Å². The molecule has 30 heavy (non-hydrogen) atoms. The Bertz CT molecular complexity index is 1010. The molecule has 156 valence electrons. The molecule has 0 radical (unpaired) electrons. The molecule has 1 heterocycles. The first-order valence-corrected chi connectivity index (χ1v) is 10.4. The highest BCUT2D eigenvalue weighted by atomic mass is 19.1. The standard InChI is InChI=1S/C26H25F3O/c1-16-3-10-26(30-15-16)20-8-6-19(7-9-20)21-13-24(28)22(25(29)14-21)11-18-5-4-17(2)23(27)12-18/h4-9,12-14,16,26H,3,10-11,15H2,1-2H3. The number of ether oxygens (including phenoxy) is 1. The van der Waals surface area contributed by atoms with E-state index in [0.29, 0.717) is 22.6 Å². The summed E-state index contributed by atoms with van der Waals surface area (Å²) in [5.41, 5.74) is 3.30. The Balaban J connectivity index is 1.54. The van der Waals surface area contributed by atoms with Gasteiger partial charge in [0.15, 0.2) is 0 Å². The molecule has 1 aliphatic heterocycles. The summed E-state index contributed by atoms with van der Waals surface area (Å²) in [7, 11) is 0. The van der Waals surface area contributed by atoms with E-state index in [1.807, 2.05) is 24.3 Å². The molecule has 2 atom stereocenters. The van der Waals surface area contributed by atoms with Crippen molar-refractivity contribution in [2.75, 3.05) is 6.61 Å². The second kappa shape index (κ2) is 8.65. The molecule has 3 aromatic rings. The summed E-state index contributed by atoms with van der Waals surface area (Å²) in [6.07, 6.45) is 2.21. The summed E-state index contributed by atoms with van der Waals surface area (Å²) in [4.78, 5) is 0. The third-order valence-electron chi connectivity index (χ3n) is 5.88. The van der Waals surface area contributed by atoms with E-state index in [1.54, 1.807) is 19.1 Å². The predicted molar refractivity (Wildman–Crippen MR) is 113 cm³/mol. The van der Waals surface area contributed by atoms with Crippen LogP contribution >= 0.6 is 0 Å². The van der Waals surface area contributed by atoms with Crippen molar-refractivity contribution >= 4 is 0 Å². The predicted octanol–water partition coefficient (Wildman–Crippen LogP) is 7.16. The van der Waals surface area contributed by atoms with Gasteiger partial charge >= 0.3 is 0 Å². The topological polar surface area (TPSA) is 9.23 Å². The van der Waals surface area contributed by atoms with Crippen molar-refractivity contribution in [2.24, 2.45) is 5.92 Å². The second-order valence-electron chi connectivity index (χ2n) is 8.31. The van der Waals surface area contributed by atoms with Gasteiger partial charge < -0.3 is 4.74 Å². The van der Waals surface area contributed by atoms with E-state index < -0.39 is 11.6 Å². The van der Waals surface area contributed by atoms with Gasteiger partial charge in [0.1, 0.15) is 17.5 Å². The minimum Gasteiger partial charge on any atom is -0.373 e. The van der Waals surface area contributed by atoms with Gasteiger partial charge in [-0.25, -0.2) is 13.2 Å². The first-order valence-electron chi connectivity index (χ1n) is 10.4. The molecule has 1 aliphatic rings. The molecule has 1 fully saturated rings. The van der Waals surface area contributed by atoms with Gasteiger partial charge in [0.05, 0.1) is 6.10 Å². The Morgan fingerprint density at radius 3 is 2.13 bits per heavy atom. The SMILES string of the molecule is Cc1ccc(Cc2c(F)cc(-c3ccc(C4CCC(C)CO4)cc3)cc2F)cc1F. The minimum absolute atomic E-state index is 0.00548. The van der Waals surface area contributed by atoms with Gasteiger partial charge in [0.25, 0.3) is 0 Å². The third-order valence-corrected chi connectivity index (χ3v) is 5.88. The normalized spacial score (nSPS) is 19.1. The van der Waals surface area contributed by atoms with Gasteiger partial charge in [-0.05, 0) is 71.7 Å². The van der Waals surface area contributed by atoms with Gasteiger partial charge in [-0.3, -0.25) is 0 Å². The van der Waals surface area contributed by atoms with Crippen LogP contribution in [0.4, 0.5) is 13.2 Å². The molecule has 3 aromatic carbocycles. The lowest BCUT2D eigenvalue weighted by molar-refractivity contribution is -0.0123. The molecule has 1 saturated heterocycles. The fourth-order valence-electron chi connectivity index (χ4n) is 3.93. The molecule has 0 aromatic heterocycles. The Morgan fingerprint density at radius 2 is 1.53 bits per heavy atom. The quantitative estimate of drug-likeness (QED) is 0.443. The molecule has 0 spiro atoms. The van der Waals surface area contributed by atoms with Crippen molar-refractivity contribution in [1.82, 2.24) is 0 Å². The summed E-state index contributed by atoms with van der Waals surface area (Å²) >= 11 is 0. The third kappa shape index (κ3) is 4.44. The number of hydrogen-bond donors (Lipinski definition) is 0. The molecule has 2 unspecified atom stereocenters. The monoisotopic (exact) mass is 410 g/mol. The number of aryl methyl sites for hydroxylation is 1. The van der Waals surface area contributed by atoms with Crippen molar-refractivity contribution in [1.29, 1.82) is 0 Å². The zero-order valence-electron chi connectivity index (χ0n) is 17.2. The molecule has 4 heteroatoms. The first kappa shape index (κ1) is 20.7. The summed E-state index contributed by atoms with van der Waals surface area (Å²) in [6, 6.07) is 15.0. The van der Waals surface area contributed by atoms with E-state index in [1.165, 1.54) is 18.2 Å². The van der Waals surface area contributed by atoms with Crippen LogP contribution in [0.2, 0.25) is 0 Å². The van der Waals surface area contributed by atoms with E-state index >= 15 is 0 Å². The summed E-state index contributed by atoms with van der Waals surface area (Å²) in [5, 5.41) is 0. The fourth-order valence-corrected chi connectivity index (χ4v) is 3.93. The highest BCUT2D eigenvalue weighted by Crippen LogP contribution is 2.32. The van der Waals surface area contributed by atoms with Crippen LogP contribution in [0.25, 0.3) is 11.1 Å². The molecule has 1 nitrogen and oxygen atoms in total. The maximum absolute atomic E-state index is 14.7. The van der Waals surface area contributed by atoms with Crippen LogP contribution in [0.15, 0.2) is 54.6 Å². The van der Waals surface area contributed by atoms with Crippen molar-refractivity contribution in [2.45, 2.75) is 39.2 Å².